The highest BCUT2D eigenvalue weighted by atomic mass is 35.5. The van der Waals surface area contributed by atoms with Crippen LogP contribution in [-0.4, -0.2) is 21.6 Å². The van der Waals surface area contributed by atoms with Crippen molar-refractivity contribution in [2.45, 2.75) is 13.6 Å². The molecule has 2 aliphatic rings. The average Bonchev–Trinajstić information content (AvgIpc) is 3.04. The number of benzene rings is 2. The molecule has 0 aliphatic heterocycles. The zero-order valence-corrected chi connectivity index (χ0v) is 26.6. The highest BCUT2D eigenvalue weighted by molar-refractivity contribution is 7.85. The summed E-state index contributed by atoms with van der Waals surface area (Å²) in [5.41, 5.74) is 0. The van der Waals surface area contributed by atoms with Crippen molar-refractivity contribution >= 4 is 160 Å². The fourth-order valence-corrected chi connectivity index (χ4v) is 6.11. The van der Waals surface area contributed by atoms with Gasteiger partial charge in [-0.3, -0.25) is 4.55 Å². The first-order valence-corrected chi connectivity index (χ1v) is 14.8. The van der Waals surface area contributed by atoms with Crippen molar-refractivity contribution in [3.05, 3.63) is 82.7 Å². The van der Waals surface area contributed by atoms with Crippen molar-refractivity contribution in [3.63, 3.8) is 0 Å². The third kappa shape index (κ3) is 7.21. The molecule has 0 spiro atoms. The van der Waals surface area contributed by atoms with Crippen molar-refractivity contribution in [1.29, 1.82) is 0 Å². The SMILES string of the molecule is ClC1=C(Cl)C(Cl)(Cl)C(Cl)=C1Cl.ClC1=C(Cl)C(Cl)(Cl)C(Cl)=C1Cl.O=S(=O)(O)c1ccc2ccccc2c1. The minimum absolute atomic E-state index is 0.0394. The summed E-state index contributed by atoms with van der Waals surface area (Å²) in [5.74, 6) is 0. The first kappa shape index (κ1) is 33.3. The van der Waals surface area contributed by atoms with Gasteiger partial charge < -0.3 is 0 Å². The summed E-state index contributed by atoms with van der Waals surface area (Å²) in [6.45, 7) is 0. The molecule has 36 heavy (non-hydrogen) atoms. The summed E-state index contributed by atoms with van der Waals surface area (Å²) in [6, 6.07) is 11.9. The van der Waals surface area contributed by atoms with Gasteiger partial charge in [-0.05, 0) is 22.9 Å². The lowest BCUT2D eigenvalue weighted by molar-refractivity contribution is 0.483. The number of hydrogen-bond donors (Lipinski definition) is 1. The first-order chi connectivity index (χ1) is 16.3. The van der Waals surface area contributed by atoms with Gasteiger partial charge in [0.2, 0.25) is 0 Å². The summed E-state index contributed by atoms with van der Waals surface area (Å²) in [5, 5.41) is 2.30. The van der Waals surface area contributed by atoms with Crippen LogP contribution in [0.15, 0.2) is 87.6 Å². The Morgan fingerprint density at radius 2 is 0.889 bits per heavy atom. The Hall–Kier alpha value is 1.05. The molecule has 0 aromatic heterocycles. The van der Waals surface area contributed by atoms with Gasteiger partial charge in [0.1, 0.15) is 0 Å². The zero-order valence-electron chi connectivity index (χ0n) is 16.7. The van der Waals surface area contributed by atoms with E-state index < -0.39 is 18.8 Å². The van der Waals surface area contributed by atoms with Crippen molar-refractivity contribution in [1.82, 2.24) is 0 Å². The summed E-state index contributed by atoms with van der Waals surface area (Å²) < 4.78 is 27.5. The molecule has 2 aromatic rings. The molecule has 0 saturated heterocycles. The van der Waals surface area contributed by atoms with Crippen molar-refractivity contribution in [3.8, 4) is 0 Å². The molecule has 0 atom stereocenters. The molecule has 0 heterocycles. The topological polar surface area (TPSA) is 54.4 Å². The number of fused-ring (bicyclic) bond motifs is 1. The molecule has 16 heteroatoms. The van der Waals surface area contributed by atoms with Crippen LogP contribution in [0.5, 0.6) is 0 Å². The molecule has 0 radical (unpaired) electrons. The quantitative estimate of drug-likeness (QED) is 0.233. The van der Waals surface area contributed by atoms with Crippen LogP contribution >= 0.6 is 139 Å². The Morgan fingerprint density at radius 3 is 1.17 bits per heavy atom. The zero-order chi connectivity index (χ0) is 27.8. The van der Waals surface area contributed by atoms with Gasteiger partial charge in [0.25, 0.3) is 10.1 Å². The second kappa shape index (κ2) is 12.7. The molecule has 3 nitrogen and oxygen atoms in total. The van der Waals surface area contributed by atoms with Crippen LogP contribution in [0.2, 0.25) is 0 Å². The number of halogens is 12. The lowest BCUT2D eigenvalue weighted by Gasteiger charge is -2.11. The van der Waals surface area contributed by atoms with E-state index in [0.29, 0.717) is 0 Å². The molecule has 2 aromatic carbocycles. The fraction of sp³-hybridized carbons (Fsp3) is 0.100. The van der Waals surface area contributed by atoms with E-state index in [1.54, 1.807) is 12.1 Å². The summed E-state index contributed by atoms with van der Waals surface area (Å²) in [4.78, 5) is -0.0730. The average molecular weight is 754 g/mol. The fourth-order valence-electron chi connectivity index (χ4n) is 2.46. The Bertz CT molecular complexity index is 1330. The van der Waals surface area contributed by atoms with E-state index in [2.05, 4.69) is 0 Å². The summed E-state index contributed by atoms with van der Waals surface area (Å²) in [7, 11) is -4.09. The van der Waals surface area contributed by atoms with E-state index in [4.69, 9.17) is 144 Å². The van der Waals surface area contributed by atoms with Crippen LogP contribution in [0, 0.1) is 0 Å². The van der Waals surface area contributed by atoms with Gasteiger partial charge >= 0.3 is 0 Å². The lowest BCUT2D eigenvalue weighted by Crippen LogP contribution is -2.09. The molecule has 4 rings (SSSR count). The van der Waals surface area contributed by atoms with E-state index >= 15 is 0 Å². The normalized spacial score (nSPS) is 18.9. The maximum absolute atomic E-state index is 10.8. The summed E-state index contributed by atoms with van der Waals surface area (Å²) in [6.07, 6.45) is 0. The molecule has 0 bridgehead atoms. The predicted molar refractivity (Wildman–Crippen MR) is 158 cm³/mol. The van der Waals surface area contributed by atoms with Gasteiger partial charge in [-0.15, -0.1) is 0 Å². The maximum atomic E-state index is 10.8. The molecule has 0 fully saturated rings. The van der Waals surface area contributed by atoms with Gasteiger partial charge in [-0.2, -0.15) is 8.42 Å². The molecule has 0 saturated carbocycles. The minimum atomic E-state index is -4.09. The van der Waals surface area contributed by atoms with Gasteiger partial charge in [-0.25, -0.2) is 0 Å². The monoisotopic (exact) mass is 748 g/mol. The Morgan fingerprint density at radius 1 is 0.556 bits per heavy atom. The third-order valence-electron chi connectivity index (χ3n) is 4.28. The second-order valence-corrected chi connectivity index (χ2v) is 13.7. The maximum Gasteiger partial charge on any atom is 0.294 e. The number of rotatable bonds is 1. The standard InChI is InChI=1S/C10H8O3S.2C5Cl6/c11-14(12,13)10-6-5-8-3-1-2-4-9(8)7-10;2*6-1-2(7)4(9)5(10,11)3(1)8/h1-7H,(H,11,12,13);;. The van der Waals surface area contributed by atoms with Crippen LogP contribution in [0.1, 0.15) is 0 Å². The van der Waals surface area contributed by atoms with Gasteiger partial charge in [0.15, 0.2) is 8.67 Å². The van der Waals surface area contributed by atoms with Gasteiger partial charge in [-0.1, -0.05) is 170 Å². The number of allylic oxidation sites excluding steroid dienone is 8. The van der Waals surface area contributed by atoms with Crippen molar-refractivity contribution in [2.75, 3.05) is 0 Å². The van der Waals surface area contributed by atoms with Crippen LogP contribution in [0.25, 0.3) is 10.8 Å². The Balaban J connectivity index is 0.000000193. The first-order valence-electron chi connectivity index (χ1n) is 8.80. The van der Waals surface area contributed by atoms with E-state index in [1.165, 1.54) is 12.1 Å². The molecule has 0 amide bonds. The number of alkyl halides is 4. The molecule has 196 valence electrons. The molecular weight excluding hydrogens is 746 g/mol. The molecule has 2 aliphatic carbocycles. The second-order valence-electron chi connectivity index (χ2n) is 6.64. The number of hydrogen-bond acceptors (Lipinski definition) is 2. The highest BCUT2D eigenvalue weighted by Gasteiger charge is 2.43. The van der Waals surface area contributed by atoms with Crippen LogP contribution < -0.4 is 0 Å². The lowest BCUT2D eigenvalue weighted by atomic mass is 10.1. The Kier molecular flexibility index (Phi) is 11.7. The largest absolute Gasteiger partial charge is 0.294 e. The van der Waals surface area contributed by atoms with E-state index in [9.17, 15) is 8.42 Å². The smallest absolute Gasteiger partial charge is 0.282 e. The van der Waals surface area contributed by atoms with E-state index in [-0.39, 0.29) is 45.2 Å². The third-order valence-corrected chi connectivity index (χ3v) is 11.4. The van der Waals surface area contributed by atoms with Gasteiger partial charge in [0.05, 0.1) is 45.2 Å². The van der Waals surface area contributed by atoms with Crippen molar-refractivity contribution in [2.24, 2.45) is 0 Å². The molecular formula is C20H8Cl12O3S. The van der Waals surface area contributed by atoms with Crippen LogP contribution in [-0.2, 0) is 10.1 Å². The minimum Gasteiger partial charge on any atom is -0.282 e. The molecule has 1 N–H and O–H groups in total. The van der Waals surface area contributed by atoms with Crippen molar-refractivity contribution < 1.29 is 13.0 Å². The molecule has 0 unspecified atom stereocenters. The highest BCUT2D eigenvalue weighted by Crippen LogP contribution is 2.54. The van der Waals surface area contributed by atoms with Crippen LogP contribution in [0.4, 0.5) is 0 Å². The summed E-state index contributed by atoms with van der Waals surface area (Å²) >= 11 is 67.6. The van der Waals surface area contributed by atoms with E-state index in [1.807, 2.05) is 18.2 Å². The predicted octanol–water partition coefficient (Wildman–Crippen LogP) is 11.2. The van der Waals surface area contributed by atoms with Gasteiger partial charge in [0, 0.05) is 0 Å². The van der Waals surface area contributed by atoms with Crippen LogP contribution in [0.3, 0.4) is 0 Å². The Labute approximate surface area is 266 Å². The van der Waals surface area contributed by atoms with E-state index in [0.717, 1.165) is 10.8 Å².